The summed E-state index contributed by atoms with van der Waals surface area (Å²) in [5, 5.41) is 9.14. The molecule has 0 aliphatic heterocycles. The van der Waals surface area contributed by atoms with E-state index in [4.69, 9.17) is 9.84 Å². The highest BCUT2D eigenvalue weighted by molar-refractivity contribution is 5.83. The van der Waals surface area contributed by atoms with E-state index in [0.29, 0.717) is 6.61 Å². The largest absolute Gasteiger partial charge is 0.481 e. The number of ether oxygens (including phenoxy) is 1. The summed E-state index contributed by atoms with van der Waals surface area (Å²) in [5.41, 5.74) is 0. The van der Waals surface area contributed by atoms with Gasteiger partial charge in [-0.25, -0.2) is 0 Å². The second kappa shape index (κ2) is 4.28. The lowest BCUT2D eigenvalue weighted by Gasteiger charge is -2.22. The van der Waals surface area contributed by atoms with Crippen molar-refractivity contribution in [3.05, 3.63) is 12.2 Å². The van der Waals surface area contributed by atoms with Gasteiger partial charge in [-0.15, -0.1) is 0 Å². The van der Waals surface area contributed by atoms with Gasteiger partial charge in [0.15, 0.2) is 0 Å². The van der Waals surface area contributed by atoms with Gasteiger partial charge >= 0.3 is 11.9 Å². The fourth-order valence-electron chi connectivity index (χ4n) is 2.78. The maximum atomic E-state index is 11.8. The Morgan fingerprint density at radius 2 is 1.94 bits per heavy atom. The minimum atomic E-state index is -0.879. The summed E-state index contributed by atoms with van der Waals surface area (Å²) >= 11 is 0. The van der Waals surface area contributed by atoms with Crippen LogP contribution >= 0.6 is 0 Å². The number of rotatable bonds is 4. The molecule has 88 valence electrons. The van der Waals surface area contributed by atoms with Crippen molar-refractivity contribution in [1.29, 1.82) is 0 Å². The molecule has 2 aliphatic carbocycles. The topological polar surface area (TPSA) is 63.6 Å². The number of hydrogen-bond donors (Lipinski definition) is 1. The van der Waals surface area contributed by atoms with E-state index >= 15 is 0 Å². The maximum Gasteiger partial charge on any atom is 0.310 e. The van der Waals surface area contributed by atoms with Crippen LogP contribution in [0.4, 0.5) is 0 Å². The van der Waals surface area contributed by atoms with Gasteiger partial charge in [0.2, 0.25) is 0 Å². The van der Waals surface area contributed by atoms with Crippen LogP contribution in [0.25, 0.3) is 0 Å². The van der Waals surface area contributed by atoms with Gasteiger partial charge in [-0.1, -0.05) is 19.1 Å². The zero-order valence-corrected chi connectivity index (χ0v) is 9.26. The number of fused-ring (bicyclic) bond motifs is 2. The Labute approximate surface area is 94.3 Å². The van der Waals surface area contributed by atoms with Crippen LogP contribution in [0.5, 0.6) is 0 Å². The number of carboxylic acids is 1. The van der Waals surface area contributed by atoms with Gasteiger partial charge in [0.25, 0.3) is 0 Å². The van der Waals surface area contributed by atoms with E-state index in [1.807, 2.05) is 19.1 Å². The van der Waals surface area contributed by atoms with Gasteiger partial charge in [0, 0.05) is 0 Å². The van der Waals surface area contributed by atoms with Crippen molar-refractivity contribution in [2.45, 2.75) is 19.8 Å². The normalized spacial score (nSPS) is 35.3. The average molecular weight is 224 g/mol. The molecule has 2 unspecified atom stereocenters. The predicted molar refractivity (Wildman–Crippen MR) is 56.6 cm³/mol. The third kappa shape index (κ3) is 1.72. The number of hydrogen-bond acceptors (Lipinski definition) is 3. The molecule has 4 heteroatoms. The van der Waals surface area contributed by atoms with E-state index in [9.17, 15) is 9.59 Å². The summed E-state index contributed by atoms with van der Waals surface area (Å²) in [6.45, 7) is 2.30. The Bertz CT molecular complexity index is 334. The number of carbonyl (C=O) groups excluding carboxylic acids is 1. The van der Waals surface area contributed by atoms with Gasteiger partial charge in [-0.2, -0.15) is 0 Å². The third-order valence-electron chi connectivity index (χ3n) is 3.47. The van der Waals surface area contributed by atoms with Crippen molar-refractivity contribution in [1.82, 2.24) is 0 Å². The fourth-order valence-corrected chi connectivity index (χ4v) is 2.78. The molecule has 0 heterocycles. The third-order valence-corrected chi connectivity index (χ3v) is 3.47. The standard InChI is InChI=1S/C12H16O4/c1-2-5-16-12(15)10-8-4-3-7(6-8)9(10)11(13)14/h3-4,7-10H,2,5-6H2,1H3,(H,13,14)/t7?,8?,9-,10+/m0/s1. The fraction of sp³-hybridized carbons (Fsp3) is 0.667. The van der Waals surface area contributed by atoms with Crippen LogP contribution in [-0.2, 0) is 14.3 Å². The molecule has 1 saturated carbocycles. The van der Waals surface area contributed by atoms with Crippen LogP contribution < -0.4 is 0 Å². The van der Waals surface area contributed by atoms with Gasteiger partial charge in [0.05, 0.1) is 18.4 Å². The molecule has 0 aromatic carbocycles. The molecule has 0 aromatic heterocycles. The van der Waals surface area contributed by atoms with E-state index in [1.165, 1.54) is 0 Å². The van der Waals surface area contributed by atoms with E-state index < -0.39 is 17.8 Å². The van der Waals surface area contributed by atoms with Crippen molar-refractivity contribution < 1.29 is 19.4 Å². The summed E-state index contributed by atoms with van der Waals surface area (Å²) in [6.07, 6.45) is 5.43. The Hall–Kier alpha value is -1.32. The Kier molecular flexibility index (Phi) is 2.99. The summed E-state index contributed by atoms with van der Waals surface area (Å²) in [5.74, 6) is -2.20. The Morgan fingerprint density at radius 1 is 1.31 bits per heavy atom. The smallest absolute Gasteiger partial charge is 0.310 e. The Balaban J connectivity index is 2.10. The molecule has 0 amide bonds. The van der Waals surface area contributed by atoms with Crippen LogP contribution in [0, 0.1) is 23.7 Å². The van der Waals surface area contributed by atoms with Gasteiger partial charge in [-0.3, -0.25) is 9.59 Å². The van der Waals surface area contributed by atoms with E-state index in [1.54, 1.807) is 0 Å². The molecule has 0 aromatic rings. The highest BCUT2D eigenvalue weighted by Crippen LogP contribution is 2.48. The van der Waals surface area contributed by atoms with E-state index in [0.717, 1.165) is 12.8 Å². The van der Waals surface area contributed by atoms with Crippen LogP contribution in [0.1, 0.15) is 19.8 Å². The molecule has 0 spiro atoms. The van der Waals surface area contributed by atoms with Crippen molar-refractivity contribution in [3.8, 4) is 0 Å². The summed E-state index contributed by atoms with van der Waals surface area (Å²) in [6, 6.07) is 0. The zero-order valence-electron chi connectivity index (χ0n) is 9.26. The first-order valence-electron chi connectivity index (χ1n) is 5.73. The first-order valence-corrected chi connectivity index (χ1v) is 5.73. The molecule has 4 nitrogen and oxygen atoms in total. The lowest BCUT2D eigenvalue weighted by Crippen LogP contribution is -2.34. The van der Waals surface area contributed by atoms with Gasteiger partial charge < -0.3 is 9.84 Å². The molecule has 4 atom stereocenters. The number of aliphatic carboxylic acids is 1. The molecule has 2 aliphatic rings. The first kappa shape index (κ1) is 11.2. The minimum Gasteiger partial charge on any atom is -0.481 e. The van der Waals surface area contributed by atoms with Crippen molar-refractivity contribution in [2.24, 2.45) is 23.7 Å². The molecule has 1 fully saturated rings. The molecule has 2 bridgehead atoms. The highest BCUT2D eigenvalue weighted by Gasteiger charge is 2.52. The van der Waals surface area contributed by atoms with Crippen LogP contribution in [0.15, 0.2) is 12.2 Å². The molecule has 0 radical (unpaired) electrons. The molecule has 2 rings (SSSR count). The highest BCUT2D eigenvalue weighted by atomic mass is 16.5. The van der Waals surface area contributed by atoms with Crippen LogP contribution in [0.2, 0.25) is 0 Å². The van der Waals surface area contributed by atoms with Crippen LogP contribution in [0.3, 0.4) is 0 Å². The number of carbonyl (C=O) groups is 2. The lowest BCUT2D eigenvalue weighted by molar-refractivity contribution is -0.158. The molecule has 1 N–H and O–H groups in total. The minimum absolute atomic E-state index is 0.0154. The molecular formula is C12H16O4. The van der Waals surface area contributed by atoms with Crippen molar-refractivity contribution in [2.75, 3.05) is 6.61 Å². The molecule has 0 saturated heterocycles. The number of carboxylic acid groups (broad SMARTS) is 1. The first-order chi connectivity index (χ1) is 7.65. The second-order valence-corrected chi connectivity index (χ2v) is 4.51. The maximum absolute atomic E-state index is 11.8. The summed E-state index contributed by atoms with van der Waals surface area (Å²) < 4.78 is 5.07. The summed E-state index contributed by atoms with van der Waals surface area (Å²) in [7, 11) is 0. The number of esters is 1. The second-order valence-electron chi connectivity index (χ2n) is 4.51. The lowest BCUT2D eigenvalue weighted by atomic mass is 9.83. The van der Waals surface area contributed by atoms with Crippen LogP contribution in [-0.4, -0.2) is 23.7 Å². The molecular weight excluding hydrogens is 208 g/mol. The number of allylic oxidation sites excluding steroid dienone is 2. The van der Waals surface area contributed by atoms with E-state index in [2.05, 4.69) is 0 Å². The van der Waals surface area contributed by atoms with E-state index in [-0.39, 0.29) is 17.8 Å². The monoisotopic (exact) mass is 224 g/mol. The molecule has 16 heavy (non-hydrogen) atoms. The van der Waals surface area contributed by atoms with Gasteiger partial charge in [-0.05, 0) is 24.7 Å². The quantitative estimate of drug-likeness (QED) is 0.580. The average Bonchev–Trinajstić information content (AvgIpc) is 2.84. The predicted octanol–water partition coefficient (Wildman–Crippen LogP) is 1.46. The van der Waals surface area contributed by atoms with Gasteiger partial charge in [0.1, 0.15) is 0 Å². The summed E-state index contributed by atoms with van der Waals surface area (Å²) in [4.78, 5) is 22.9. The van der Waals surface area contributed by atoms with Crippen molar-refractivity contribution in [3.63, 3.8) is 0 Å². The van der Waals surface area contributed by atoms with Crippen molar-refractivity contribution >= 4 is 11.9 Å². The SMILES string of the molecule is CCCOC(=O)[C@@H]1C2C=CC(C2)[C@@H]1C(=O)O. The Morgan fingerprint density at radius 3 is 2.50 bits per heavy atom. The zero-order chi connectivity index (χ0) is 11.7.